The van der Waals surface area contributed by atoms with E-state index in [1.54, 1.807) is 4.90 Å². The van der Waals surface area contributed by atoms with Crippen molar-refractivity contribution >= 4 is 28.3 Å². The molecule has 1 N–H and O–H groups in total. The SMILES string of the molecule is Cc1ccc(N2CC(C(=O)NCC#CCOc3cccc4ccccc34)CC2=O)cc1C. The first-order valence-electron chi connectivity index (χ1n) is 10.7. The molecule has 1 heterocycles. The first-order chi connectivity index (χ1) is 15.5. The van der Waals surface area contributed by atoms with E-state index in [1.165, 1.54) is 5.56 Å². The third kappa shape index (κ3) is 4.76. The molecule has 1 aliphatic heterocycles. The Morgan fingerprint density at radius 3 is 2.72 bits per heavy atom. The molecule has 0 bridgehead atoms. The van der Waals surface area contributed by atoms with Gasteiger partial charge in [0.1, 0.15) is 12.4 Å². The number of carbonyl (C=O) groups is 2. The highest BCUT2D eigenvalue weighted by atomic mass is 16.5. The number of fused-ring (bicyclic) bond motifs is 1. The van der Waals surface area contributed by atoms with Crippen LogP contribution in [0.4, 0.5) is 5.69 Å². The molecular weight excluding hydrogens is 400 g/mol. The van der Waals surface area contributed by atoms with Crippen LogP contribution in [0, 0.1) is 31.6 Å². The molecule has 1 atom stereocenters. The first kappa shape index (κ1) is 21.5. The number of ether oxygens (including phenoxy) is 1. The number of hydrogen-bond acceptors (Lipinski definition) is 3. The Morgan fingerprint density at radius 1 is 1.06 bits per heavy atom. The van der Waals surface area contributed by atoms with Gasteiger partial charge in [-0.05, 0) is 48.6 Å². The van der Waals surface area contributed by atoms with Crippen LogP contribution in [0.3, 0.4) is 0 Å². The third-order valence-electron chi connectivity index (χ3n) is 5.82. The lowest BCUT2D eigenvalue weighted by molar-refractivity contribution is -0.126. The van der Waals surface area contributed by atoms with Gasteiger partial charge in [0.25, 0.3) is 0 Å². The normalized spacial score (nSPS) is 15.4. The van der Waals surface area contributed by atoms with Crippen LogP contribution in [-0.4, -0.2) is 31.5 Å². The maximum absolute atomic E-state index is 12.5. The maximum atomic E-state index is 12.5. The number of aryl methyl sites for hydroxylation is 2. The van der Waals surface area contributed by atoms with E-state index in [2.05, 4.69) is 17.2 Å². The molecule has 1 fully saturated rings. The van der Waals surface area contributed by atoms with E-state index < -0.39 is 0 Å². The minimum Gasteiger partial charge on any atom is -0.480 e. The fraction of sp³-hybridized carbons (Fsp3) is 0.259. The Hall–Kier alpha value is -3.78. The molecule has 0 aromatic heterocycles. The summed E-state index contributed by atoms with van der Waals surface area (Å²) in [6, 6.07) is 19.9. The van der Waals surface area contributed by atoms with Gasteiger partial charge in [-0.25, -0.2) is 0 Å². The minimum absolute atomic E-state index is 0.0250. The van der Waals surface area contributed by atoms with Crippen LogP contribution in [0.5, 0.6) is 5.75 Å². The van der Waals surface area contributed by atoms with Crippen molar-refractivity contribution in [1.29, 1.82) is 0 Å². The number of amides is 2. The highest BCUT2D eigenvalue weighted by Crippen LogP contribution is 2.27. The minimum atomic E-state index is -0.363. The Bertz CT molecular complexity index is 1220. The molecule has 1 saturated heterocycles. The number of nitrogens with zero attached hydrogens (tertiary/aromatic N) is 1. The summed E-state index contributed by atoms with van der Waals surface area (Å²) in [5.74, 6) is 6.11. The van der Waals surface area contributed by atoms with Gasteiger partial charge in [-0.2, -0.15) is 0 Å². The van der Waals surface area contributed by atoms with E-state index in [9.17, 15) is 9.59 Å². The highest BCUT2D eigenvalue weighted by Gasteiger charge is 2.34. The number of rotatable bonds is 5. The molecule has 0 spiro atoms. The number of carbonyl (C=O) groups excluding carboxylic acids is 2. The molecule has 1 unspecified atom stereocenters. The summed E-state index contributed by atoms with van der Waals surface area (Å²) in [4.78, 5) is 26.6. The molecule has 3 aromatic rings. The zero-order chi connectivity index (χ0) is 22.5. The molecule has 1 aliphatic rings. The van der Waals surface area contributed by atoms with Crippen LogP contribution in [0.1, 0.15) is 17.5 Å². The van der Waals surface area contributed by atoms with Crippen LogP contribution >= 0.6 is 0 Å². The van der Waals surface area contributed by atoms with Gasteiger partial charge in [0, 0.05) is 24.0 Å². The van der Waals surface area contributed by atoms with Crippen LogP contribution in [0.15, 0.2) is 60.7 Å². The average molecular weight is 427 g/mol. The number of hydrogen-bond donors (Lipinski definition) is 1. The Labute approximate surface area is 188 Å². The second-order valence-electron chi connectivity index (χ2n) is 8.01. The Kier molecular flexibility index (Phi) is 6.42. The van der Waals surface area contributed by atoms with Crippen molar-refractivity contribution < 1.29 is 14.3 Å². The molecule has 2 amide bonds. The summed E-state index contributed by atoms with van der Waals surface area (Å²) in [6.45, 7) is 4.92. The molecule has 32 heavy (non-hydrogen) atoms. The van der Waals surface area contributed by atoms with E-state index in [0.717, 1.165) is 27.8 Å². The van der Waals surface area contributed by atoms with Crippen LogP contribution < -0.4 is 15.0 Å². The smallest absolute Gasteiger partial charge is 0.227 e. The van der Waals surface area contributed by atoms with Crippen molar-refractivity contribution in [2.75, 3.05) is 24.6 Å². The summed E-state index contributed by atoms with van der Waals surface area (Å²) in [6.07, 6.45) is 0.219. The molecule has 5 heteroatoms. The second kappa shape index (κ2) is 9.57. The number of nitrogens with one attached hydrogen (secondary N) is 1. The van der Waals surface area contributed by atoms with E-state index in [4.69, 9.17) is 4.74 Å². The van der Waals surface area contributed by atoms with E-state index in [-0.39, 0.29) is 37.3 Å². The predicted octanol–water partition coefficient (Wildman–Crippen LogP) is 4.01. The Balaban J connectivity index is 1.26. The van der Waals surface area contributed by atoms with E-state index >= 15 is 0 Å². The summed E-state index contributed by atoms with van der Waals surface area (Å²) in [7, 11) is 0. The van der Waals surface area contributed by atoms with Gasteiger partial charge in [0.2, 0.25) is 11.8 Å². The molecular formula is C27H26N2O3. The lowest BCUT2D eigenvalue weighted by Crippen LogP contribution is -2.33. The van der Waals surface area contributed by atoms with E-state index in [0.29, 0.717) is 6.54 Å². The van der Waals surface area contributed by atoms with Gasteiger partial charge in [0.05, 0.1) is 12.5 Å². The molecule has 0 saturated carbocycles. The quantitative estimate of drug-likeness (QED) is 0.627. The second-order valence-corrected chi connectivity index (χ2v) is 8.01. The van der Waals surface area contributed by atoms with Crippen LogP contribution in [-0.2, 0) is 9.59 Å². The molecule has 5 nitrogen and oxygen atoms in total. The summed E-state index contributed by atoms with van der Waals surface area (Å²) < 4.78 is 5.78. The van der Waals surface area contributed by atoms with Crippen molar-refractivity contribution in [3.8, 4) is 17.6 Å². The van der Waals surface area contributed by atoms with Crippen molar-refractivity contribution in [3.63, 3.8) is 0 Å². The van der Waals surface area contributed by atoms with Crippen molar-refractivity contribution in [2.24, 2.45) is 5.92 Å². The van der Waals surface area contributed by atoms with Crippen LogP contribution in [0.2, 0.25) is 0 Å². The summed E-state index contributed by atoms with van der Waals surface area (Å²) in [5, 5.41) is 4.98. The molecule has 4 rings (SSSR count). The largest absolute Gasteiger partial charge is 0.480 e. The van der Waals surface area contributed by atoms with Crippen molar-refractivity contribution in [1.82, 2.24) is 5.32 Å². The van der Waals surface area contributed by atoms with Crippen molar-refractivity contribution in [2.45, 2.75) is 20.3 Å². The Morgan fingerprint density at radius 2 is 1.88 bits per heavy atom. The van der Waals surface area contributed by atoms with E-state index in [1.807, 2.05) is 74.5 Å². The monoisotopic (exact) mass is 426 g/mol. The van der Waals surface area contributed by atoms with Gasteiger partial charge >= 0.3 is 0 Å². The number of benzene rings is 3. The summed E-state index contributed by atoms with van der Waals surface area (Å²) in [5.41, 5.74) is 3.15. The fourth-order valence-corrected chi connectivity index (χ4v) is 3.85. The molecule has 0 aliphatic carbocycles. The van der Waals surface area contributed by atoms with Gasteiger partial charge in [-0.1, -0.05) is 54.3 Å². The average Bonchev–Trinajstić information content (AvgIpc) is 3.19. The zero-order valence-corrected chi connectivity index (χ0v) is 18.4. The number of anilines is 1. The van der Waals surface area contributed by atoms with Crippen molar-refractivity contribution in [3.05, 3.63) is 71.8 Å². The lowest BCUT2D eigenvalue weighted by atomic mass is 10.1. The van der Waals surface area contributed by atoms with Gasteiger partial charge in [-0.15, -0.1) is 0 Å². The summed E-state index contributed by atoms with van der Waals surface area (Å²) >= 11 is 0. The maximum Gasteiger partial charge on any atom is 0.227 e. The van der Waals surface area contributed by atoms with Gasteiger partial charge in [0.15, 0.2) is 0 Å². The zero-order valence-electron chi connectivity index (χ0n) is 18.4. The molecule has 162 valence electrons. The molecule has 0 radical (unpaired) electrons. The standard InChI is InChI=1S/C27H26N2O3/c1-19-12-13-23(16-20(19)2)29-18-22(17-26(29)30)27(31)28-14-5-6-15-32-25-11-7-9-21-8-3-4-10-24(21)25/h3-4,7-13,16,22H,14-15,17-18H2,1-2H3,(H,28,31). The van der Waals surface area contributed by atoms with Crippen LogP contribution in [0.25, 0.3) is 10.8 Å². The lowest BCUT2D eigenvalue weighted by Gasteiger charge is -2.17. The predicted molar refractivity (Wildman–Crippen MR) is 127 cm³/mol. The van der Waals surface area contributed by atoms with Gasteiger partial charge in [-0.3, -0.25) is 9.59 Å². The highest BCUT2D eigenvalue weighted by molar-refractivity contribution is 6.00. The molecule has 3 aromatic carbocycles. The topological polar surface area (TPSA) is 58.6 Å². The van der Waals surface area contributed by atoms with Gasteiger partial charge < -0.3 is 15.0 Å². The third-order valence-corrected chi connectivity index (χ3v) is 5.82. The fourth-order valence-electron chi connectivity index (χ4n) is 3.85. The first-order valence-corrected chi connectivity index (χ1v) is 10.7.